The average molecular weight is 410 g/mol. The second kappa shape index (κ2) is 7.72. The molecule has 0 amide bonds. The topological polar surface area (TPSA) is 61.9 Å². The molecule has 0 bridgehead atoms. The largest absolute Gasteiger partial charge is 0.310 e. The van der Waals surface area contributed by atoms with Crippen LogP contribution in [0.2, 0.25) is 0 Å². The van der Waals surface area contributed by atoms with E-state index in [4.69, 9.17) is 0 Å². The van der Waals surface area contributed by atoms with Gasteiger partial charge in [0.2, 0.25) is 0 Å². The summed E-state index contributed by atoms with van der Waals surface area (Å²) in [4.78, 5) is 26.7. The predicted molar refractivity (Wildman–Crippen MR) is 111 cm³/mol. The number of fused-ring (bicyclic) bond motifs is 1. The minimum absolute atomic E-state index is 0.0742. The Morgan fingerprint density at radius 1 is 1.17 bits per heavy atom. The minimum Gasteiger partial charge on any atom is -0.310 e. The molecule has 0 aliphatic carbocycles. The van der Waals surface area contributed by atoms with E-state index >= 15 is 0 Å². The van der Waals surface area contributed by atoms with Crippen molar-refractivity contribution in [3.8, 4) is 11.3 Å². The second-order valence-electron chi connectivity index (χ2n) is 8.73. The molecule has 7 heteroatoms. The number of nitrogens with one attached hydrogen (secondary N) is 1. The lowest BCUT2D eigenvalue weighted by atomic mass is 9.95. The number of H-pyrrole nitrogens is 1. The van der Waals surface area contributed by atoms with E-state index in [9.17, 15) is 13.6 Å². The number of hydrogen-bond acceptors (Lipinski definition) is 4. The summed E-state index contributed by atoms with van der Waals surface area (Å²) in [6.45, 7) is 8.03. The molecule has 1 aliphatic rings. The molecule has 0 saturated carbocycles. The highest BCUT2D eigenvalue weighted by Crippen LogP contribution is 2.23. The molecule has 0 unspecified atom stereocenters. The molecule has 1 aromatic carbocycles. The lowest BCUT2D eigenvalue weighted by molar-refractivity contribution is 0.240. The van der Waals surface area contributed by atoms with Crippen LogP contribution in [-0.4, -0.2) is 26.4 Å². The summed E-state index contributed by atoms with van der Waals surface area (Å²) >= 11 is 0. The van der Waals surface area contributed by atoms with E-state index in [0.29, 0.717) is 36.6 Å². The van der Waals surface area contributed by atoms with Crippen LogP contribution in [0.5, 0.6) is 0 Å². The highest BCUT2D eigenvalue weighted by molar-refractivity contribution is 5.59. The van der Waals surface area contributed by atoms with Crippen molar-refractivity contribution in [2.45, 2.75) is 45.7 Å². The van der Waals surface area contributed by atoms with E-state index in [1.807, 2.05) is 26.8 Å². The fraction of sp³-hybridized carbons (Fsp3) is 0.348. The molecule has 3 heterocycles. The SMILES string of the molecule is CC(C)(C)c1nc2c(c(=O)[nH]1)CN(Cc1ccc(-c3ccc(F)cc3F)nc1)CC2. The summed E-state index contributed by atoms with van der Waals surface area (Å²) in [7, 11) is 0. The van der Waals surface area contributed by atoms with Crippen LogP contribution in [0.15, 0.2) is 41.3 Å². The third-order valence-corrected chi connectivity index (χ3v) is 5.30. The van der Waals surface area contributed by atoms with Gasteiger partial charge >= 0.3 is 0 Å². The molecule has 0 atom stereocenters. The average Bonchev–Trinajstić information content (AvgIpc) is 2.68. The maximum Gasteiger partial charge on any atom is 0.255 e. The van der Waals surface area contributed by atoms with Gasteiger partial charge in [0.25, 0.3) is 5.56 Å². The molecule has 0 fully saturated rings. The predicted octanol–water partition coefficient (Wildman–Crippen LogP) is 3.97. The Hall–Kier alpha value is -2.93. The molecule has 0 radical (unpaired) electrons. The van der Waals surface area contributed by atoms with Crippen LogP contribution in [0.1, 0.15) is 43.4 Å². The highest BCUT2D eigenvalue weighted by atomic mass is 19.1. The maximum absolute atomic E-state index is 14.0. The van der Waals surface area contributed by atoms with Gasteiger partial charge in [0, 0.05) is 49.3 Å². The van der Waals surface area contributed by atoms with E-state index < -0.39 is 11.6 Å². The number of rotatable bonds is 3. The monoisotopic (exact) mass is 410 g/mol. The zero-order chi connectivity index (χ0) is 21.5. The molecular formula is C23H24F2N4O. The van der Waals surface area contributed by atoms with Gasteiger partial charge in [0.1, 0.15) is 17.5 Å². The Bertz CT molecular complexity index is 1130. The molecule has 0 saturated heterocycles. The van der Waals surface area contributed by atoms with Crippen molar-refractivity contribution < 1.29 is 8.78 Å². The molecule has 156 valence electrons. The molecule has 0 spiro atoms. The normalized spacial score (nSPS) is 14.6. The second-order valence-corrected chi connectivity index (χ2v) is 8.73. The number of pyridine rings is 1. The highest BCUT2D eigenvalue weighted by Gasteiger charge is 2.24. The third kappa shape index (κ3) is 4.16. The van der Waals surface area contributed by atoms with Crippen LogP contribution in [0.3, 0.4) is 0 Å². The standard InChI is InChI=1S/C23H24F2N4O/c1-23(2,3)22-27-20-8-9-29(13-17(20)21(30)28-22)12-14-4-7-19(26-11-14)16-6-5-15(24)10-18(16)25/h4-7,10-11H,8-9,12-13H2,1-3H3,(H,27,28,30). The minimum atomic E-state index is -0.635. The van der Waals surface area contributed by atoms with Gasteiger partial charge in [-0.2, -0.15) is 0 Å². The van der Waals surface area contributed by atoms with Crippen molar-refractivity contribution in [3.63, 3.8) is 0 Å². The van der Waals surface area contributed by atoms with Gasteiger partial charge in [-0.05, 0) is 23.8 Å². The van der Waals surface area contributed by atoms with Crippen molar-refractivity contribution in [2.75, 3.05) is 6.54 Å². The quantitative estimate of drug-likeness (QED) is 0.710. The van der Waals surface area contributed by atoms with Gasteiger partial charge in [-0.15, -0.1) is 0 Å². The molecule has 2 aromatic heterocycles. The Labute approximate surface area is 173 Å². The summed E-state index contributed by atoms with van der Waals surface area (Å²) in [6.07, 6.45) is 2.41. The number of hydrogen-bond donors (Lipinski definition) is 1. The van der Waals surface area contributed by atoms with Gasteiger partial charge in [-0.3, -0.25) is 14.7 Å². The third-order valence-electron chi connectivity index (χ3n) is 5.30. The molecule has 3 aromatic rings. The van der Waals surface area contributed by atoms with Crippen LogP contribution in [-0.2, 0) is 24.9 Å². The van der Waals surface area contributed by atoms with E-state index in [2.05, 4.69) is 19.9 Å². The Morgan fingerprint density at radius 3 is 2.63 bits per heavy atom. The Kier molecular flexibility index (Phi) is 5.24. The lowest BCUT2D eigenvalue weighted by Gasteiger charge is -2.28. The van der Waals surface area contributed by atoms with E-state index in [-0.39, 0.29) is 16.5 Å². The van der Waals surface area contributed by atoms with Gasteiger partial charge in [-0.25, -0.2) is 13.8 Å². The van der Waals surface area contributed by atoms with E-state index in [1.165, 1.54) is 12.1 Å². The first-order valence-corrected chi connectivity index (χ1v) is 9.96. The number of halogens is 2. The first kappa shape index (κ1) is 20.3. The molecule has 30 heavy (non-hydrogen) atoms. The fourth-order valence-corrected chi connectivity index (χ4v) is 3.60. The van der Waals surface area contributed by atoms with Crippen LogP contribution < -0.4 is 5.56 Å². The van der Waals surface area contributed by atoms with Crippen molar-refractivity contribution in [3.05, 3.63) is 81.2 Å². The van der Waals surface area contributed by atoms with Crippen LogP contribution in [0.25, 0.3) is 11.3 Å². The van der Waals surface area contributed by atoms with Crippen LogP contribution in [0.4, 0.5) is 8.78 Å². The van der Waals surface area contributed by atoms with Crippen molar-refractivity contribution in [1.29, 1.82) is 0 Å². The Morgan fingerprint density at radius 2 is 1.97 bits per heavy atom. The zero-order valence-corrected chi connectivity index (χ0v) is 17.3. The smallest absolute Gasteiger partial charge is 0.255 e. The zero-order valence-electron chi connectivity index (χ0n) is 17.3. The molecule has 5 nitrogen and oxygen atoms in total. The first-order valence-electron chi connectivity index (χ1n) is 9.96. The Balaban J connectivity index is 1.49. The van der Waals surface area contributed by atoms with Gasteiger partial charge in [-0.1, -0.05) is 26.8 Å². The van der Waals surface area contributed by atoms with Crippen LogP contribution in [0, 0.1) is 11.6 Å². The number of benzene rings is 1. The van der Waals surface area contributed by atoms with Gasteiger partial charge in [0.05, 0.1) is 17.0 Å². The van der Waals surface area contributed by atoms with Crippen molar-refractivity contribution in [1.82, 2.24) is 19.9 Å². The molecule has 4 rings (SSSR count). The molecular weight excluding hydrogens is 386 g/mol. The lowest BCUT2D eigenvalue weighted by Crippen LogP contribution is -2.37. The summed E-state index contributed by atoms with van der Waals surface area (Å²) in [5.74, 6) is -0.533. The van der Waals surface area contributed by atoms with Gasteiger partial charge in [0.15, 0.2) is 0 Å². The first-order chi connectivity index (χ1) is 14.2. The summed E-state index contributed by atoms with van der Waals surface area (Å²) in [5, 5.41) is 0. The molecule has 1 aliphatic heterocycles. The van der Waals surface area contributed by atoms with Gasteiger partial charge < -0.3 is 4.98 Å². The fourth-order valence-electron chi connectivity index (χ4n) is 3.60. The maximum atomic E-state index is 14.0. The number of aromatic amines is 1. The summed E-state index contributed by atoms with van der Waals surface area (Å²) in [6, 6.07) is 7.07. The van der Waals surface area contributed by atoms with Crippen LogP contribution >= 0.6 is 0 Å². The summed E-state index contributed by atoms with van der Waals surface area (Å²) in [5.41, 5.74) is 2.99. The molecule has 1 N–H and O–H groups in total. The van der Waals surface area contributed by atoms with E-state index in [0.717, 1.165) is 23.9 Å². The van der Waals surface area contributed by atoms with Crippen molar-refractivity contribution in [2.24, 2.45) is 0 Å². The van der Waals surface area contributed by atoms with E-state index in [1.54, 1.807) is 12.3 Å². The number of nitrogens with zero attached hydrogens (tertiary/aromatic N) is 3. The summed E-state index contributed by atoms with van der Waals surface area (Å²) < 4.78 is 27.1. The number of aromatic nitrogens is 3. The van der Waals surface area contributed by atoms with Crippen molar-refractivity contribution >= 4 is 0 Å².